The van der Waals surface area contributed by atoms with Gasteiger partial charge in [0.2, 0.25) is 5.91 Å². The molecular formula is C16H30N2O2. The van der Waals surface area contributed by atoms with E-state index in [1.165, 1.54) is 5.57 Å². The molecule has 0 radical (unpaired) electrons. The molecule has 0 fully saturated rings. The number of likely N-dealkylation sites (N-methyl/N-ethyl adjacent to an activating group) is 1. The Hall–Kier alpha value is -0.870. The molecule has 0 aromatic carbocycles. The Morgan fingerprint density at radius 3 is 2.50 bits per heavy atom. The lowest BCUT2D eigenvalue weighted by molar-refractivity contribution is -0.121. The van der Waals surface area contributed by atoms with Crippen LogP contribution in [0.1, 0.15) is 53.4 Å². The van der Waals surface area contributed by atoms with Crippen LogP contribution in [-0.4, -0.2) is 37.2 Å². The van der Waals surface area contributed by atoms with Crippen LogP contribution in [-0.2, 0) is 9.53 Å². The third-order valence-electron chi connectivity index (χ3n) is 4.12. The van der Waals surface area contributed by atoms with E-state index in [2.05, 4.69) is 37.5 Å². The molecule has 0 spiro atoms. The first-order chi connectivity index (χ1) is 9.55. The minimum Gasteiger partial charge on any atom is -0.369 e. The Morgan fingerprint density at radius 1 is 1.40 bits per heavy atom. The number of amides is 1. The highest BCUT2D eigenvalue weighted by molar-refractivity contribution is 5.73. The van der Waals surface area contributed by atoms with Crippen LogP contribution in [0, 0.1) is 0 Å². The largest absolute Gasteiger partial charge is 0.369 e. The molecule has 0 saturated heterocycles. The topological polar surface area (TPSA) is 50.4 Å². The molecule has 116 valence electrons. The molecule has 0 aromatic heterocycles. The maximum absolute atomic E-state index is 11.5. The second kappa shape index (κ2) is 8.42. The Labute approximate surface area is 123 Å². The molecule has 0 aromatic rings. The molecule has 0 bridgehead atoms. The smallest absolute Gasteiger partial charge is 0.217 e. The van der Waals surface area contributed by atoms with Crippen LogP contribution in [0.15, 0.2) is 11.6 Å². The van der Waals surface area contributed by atoms with Crippen molar-refractivity contribution in [1.82, 2.24) is 10.6 Å². The standard InChI is InChI=1S/C16H30N2O2/c1-6-12-9-14(17-5)16(18-11(4)19)15(10-12)20-13(7-2)8-3/h10,13-17H,6-9H2,1-5H3,(H,18,19)/t14-,15+,16+/m0/s1. The van der Waals surface area contributed by atoms with Crippen molar-refractivity contribution in [3.05, 3.63) is 11.6 Å². The molecule has 1 aliphatic rings. The monoisotopic (exact) mass is 282 g/mol. The molecule has 0 saturated carbocycles. The molecule has 3 atom stereocenters. The van der Waals surface area contributed by atoms with Crippen molar-refractivity contribution in [2.24, 2.45) is 0 Å². The Kier molecular flexibility index (Phi) is 7.24. The van der Waals surface area contributed by atoms with Crippen molar-refractivity contribution in [3.8, 4) is 0 Å². The average molecular weight is 282 g/mol. The predicted octanol–water partition coefficient (Wildman–Crippen LogP) is 2.39. The summed E-state index contributed by atoms with van der Waals surface area (Å²) in [6, 6.07) is 0.242. The first kappa shape index (κ1) is 17.2. The molecule has 1 amide bonds. The first-order valence-electron chi connectivity index (χ1n) is 7.84. The van der Waals surface area contributed by atoms with Crippen molar-refractivity contribution in [2.75, 3.05) is 7.05 Å². The van der Waals surface area contributed by atoms with Crippen LogP contribution < -0.4 is 10.6 Å². The molecule has 0 unspecified atom stereocenters. The number of rotatable bonds is 7. The maximum atomic E-state index is 11.5. The van der Waals surface area contributed by atoms with Gasteiger partial charge in [0.1, 0.15) is 0 Å². The van der Waals surface area contributed by atoms with Gasteiger partial charge in [-0.15, -0.1) is 0 Å². The summed E-state index contributed by atoms with van der Waals surface area (Å²) in [5.74, 6) is 0.00162. The van der Waals surface area contributed by atoms with Crippen molar-refractivity contribution in [2.45, 2.75) is 77.7 Å². The Morgan fingerprint density at radius 2 is 2.05 bits per heavy atom. The quantitative estimate of drug-likeness (QED) is 0.705. The molecule has 0 heterocycles. The number of hydrogen-bond donors (Lipinski definition) is 2. The number of hydrogen-bond acceptors (Lipinski definition) is 3. The Balaban J connectivity index is 2.92. The van der Waals surface area contributed by atoms with E-state index in [0.29, 0.717) is 0 Å². The van der Waals surface area contributed by atoms with Crippen LogP contribution in [0.2, 0.25) is 0 Å². The zero-order valence-corrected chi connectivity index (χ0v) is 13.5. The lowest BCUT2D eigenvalue weighted by Gasteiger charge is -2.38. The normalized spacial score (nSPS) is 26.5. The summed E-state index contributed by atoms with van der Waals surface area (Å²) in [6.45, 7) is 8.03. The summed E-state index contributed by atoms with van der Waals surface area (Å²) in [5, 5.41) is 6.39. The van der Waals surface area contributed by atoms with Gasteiger partial charge in [0.05, 0.1) is 18.2 Å². The van der Waals surface area contributed by atoms with Crippen LogP contribution >= 0.6 is 0 Å². The van der Waals surface area contributed by atoms with Gasteiger partial charge in [-0.3, -0.25) is 4.79 Å². The highest BCUT2D eigenvalue weighted by atomic mass is 16.5. The summed E-state index contributed by atoms with van der Waals surface area (Å²) >= 11 is 0. The van der Waals surface area contributed by atoms with Gasteiger partial charge in [0.15, 0.2) is 0 Å². The van der Waals surface area contributed by atoms with E-state index < -0.39 is 0 Å². The summed E-state index contributed by atoms with van der Waals surface area (Å²) in [5.41, 5.74) is 1.40. The van der Waals surface area contributed by atoms with Crippen LogP contribution in [0.25, 0.3) is 0 Å². The zero-order valence-electron chi connectivity index (χ0n) is 13.5. The highest BCUT2D eigenvalue weighted by Gasteiger charge is 2.34. The number of carbonyl (C=O) groups excluding carboxylic acids is 1. The SMILES string of the molecule is CCC1=C[C@@H](OC(CC)CC)[C@H](NC(C)=O)[C@@H](NC)C1. The summed E-state index contributed by atoms with van der Waals surface area (Å²) < 4.78 is 6.24. The van der Waals surface area contributed by atoms with E-state index in [1.807, 2.05) is 7.05 Å². The van der Waals surface area contributed by atoms with Gasteiger partial charge in [-0.2, -0.15) is 0 Å². The number of nitrogens with one attached hydrogen (secondary N) is 2. The lowest BCUT2D eigenvalue weighted by Crippen LogP contribution is -2.57. The molecule has 1 aliphatic carbocycles. The second-order valence-corrected chi connectivity index (χ2v) is 5.54. The van der Waals surface area contributed by atoms with E-state index >= 15 is 0 Å². The van der Waals surface area contributed by atoms with E-state index in [1.54, 1.807) is 6.92 Å². The average Bonchev–Trinajstić information content (AvgIpc) is 2.45. The van der Waals surface area contributed by atoms with Gasteiger partial charge in [-0.1, -0.05) is 32.4 Å². The molecular weight excluding hydrogens is 252 g/mol. The Bertz CT molecular complexity index is 337. The fraction of sp³-hybridized carbons (Fsp3) is 0.812. The maximum Gasteiger partial charge on any atom is 0.217 e. The highest BCUT2D eigenvalue weighted by Crippen LogP contribution is 2.25. The third-order valence-corrected chi connectivity index (χ3v) is 4.12. The molecule has 1 rings (SSSR count). The number of ether oxygens (including phenoxy) is 1. The van der Waals surface area contributed by atoms with Crippen molar-refractivity contribution in [1.29, 1.82) is 0 Å². The van der Waals surface area contributed by atoms with E-state index in [4.69, 9.17) is 4.74 Å². The van der Waals surface area contributed by atoms with Gasteiger partial charge >= 0.3 is 0 Å². The summed E-state index contributed by atoms with van der Waals surface area (Å²) in [7, 11) is 1.95. The van der Waals surface area contributed by atoms with Crippen LogP contribution in [0.4, 0.5) is 0 Å². The predicted molar refractivity (Wildman–Crippen MR) is 82.7 cm³/mol. The lowest BCUT2D eigenvalue weighted by atomic mass is 9.86. The van der Waals surface area contributed by atoms with E-state index in [0.717, 1.165) is 25.7 Å². The molecule has 20 heavy (non-hydrogen) atoms. The van der Waals surface area contributed by atoms with Crippen molar-refractivity contribution in [3.63, 3.8) is 0 Å². The molecule has 4 heteroatoms. The molecule has 0 aliphatic heterocycles. The van der Waals surface area contributed by atoms with Gasteiger partial charge in [-0.05, 0) is 32.7 Å². The first-order valence-corrected chi connectivity index (χ1v) is 7.84. The van der Waals surface area contributed by atoms with Crippen molar-refractivity contribution >= 4 is 5.91 Å². The van der Waals surface area contributed by atoms with E-state index in [-0.39, 0.29) is 30.2 Å². The fourth-order valence-corrected chi connectivity index (χ4v) is 2.83. The minimum atomic E-state index is -0.0371. The minimum absolute atomic E-state index is 0.00162. The molecule has 4 nitrogen and oxygen atoms in total. The van der Waals surface area contributed by atoms with Gasteiger partial charge in [0.25, 0.3) is 0 Å². The van der Waals surface area contributed by atoms with Crippen LogP contribution in [0.5, 0.6) is 0 Å². The van der Waals surface area contributed by atoms with Gasteiger partial charge in [-0.25, -0.2) is 0 Å². The summed E-state index contributed by atoms with van der Waals surface area (Å²) in [4.78, 5) is 11.5. The second-order valence-electron chi connectivity index (χ2n) is 5.54. The zero-order chi connectivity index (χ0) is 15.1. The fourth-order valence-electron chi connectivity index (χ4n) is 2.83. The van der Waals surface area contributed by atoms with Gasteiger partial charge in [0, 0.05) is 13.0 Å². The molecule has 2 N–H and O–H groups in total. The third kappa shape index (κ3) is 4.60. The van der Waals surface area contributed by atoms with Gasteiger partial charge < -0.3 is 15.4 Å². The van der Waals surface area contributed by atoms with E-state index in [9.17, 15) is 4.79 Å². The van der Waals surface area contributed by atoms with Crippen LogP contribution in [0.3, 0.4) is 0 Å². The summed E-state index contributed by atoms with van der Waals surface area (Å²) in [6.07, 6.45) is 6.44. The number of carbonyl (C=O) groups is 1. The van der Waals surface area contributed by atoms with Crippen molar-refractivity contribution < 1.29 is 9.53 Å².